The molecule has 0 unspecified atom stereocenters. The molecule has 1 aliphatic carbocycles. The standard InChI is InChI=1S/C23H32N2/c1-3-14-24(15-4-2)16-17-25(22-12-6-5-7-13-22)23-18-20-10-8-9-11-21(20)19-23/h5-13,23H,3-4,14-19H2,1-2H3. The summed E-state index contributed by atoms with van der Waals surface area (Å²) in [7, 11) is 0. The van der Waals surface area contributed by atoms with Gasteiger partial charge in [-0.2, -0.15) is 0 Å². The van der Waals surface area contributed by atoms with Crippen LogP contribution in [0.25, 0.3) is 0 Å². The number of para-hydroxylation sites is 1. The second-order valence-electron chi connectivity index (χ2n) is 7.20. The van der Waals surface area contributed by atoms with Crippen LogP contribution in [0.1, 0.15) is 37.8 Å². The van der Waals surface area contributed by atoms with Crippen molar-refractivity contribution in [2.45, 2.75) is 45.6 Å². The van der Waals surface area contributed by atoms with E-state index in [1.807, 2.05) is 0 Å². The largest absolute Gasteiger partial charge is 0.367 e. The summed E-state index contributed by atoms with van der Waals surface area (Å²) in [6, 6.07) is 20.5. The molecular weight excluding hydrogens is 304 g/mol. The van der Waals surface area contributed by atoms with Crippen LogP contribution in [0.4, 0.5) is 5.69 Å². The lowest BCUT2D eigenvalue weighted by Crippen LogP contribution is -2.42. The Morgan fingerprint density at radius 1 is 0.720 bits per heavy atom. The van der Waals surface area contributed by atoms with E-state index in [0.29, 0.717) is 6.04 Å². The van der Waals surface area contributed by atoms with Gasteiger partial charge in [0.2, 0.25) is 0 Å². The maximum Gasteiger partial charge on any atom is 0.0371 e. The Bertz CT molecular complexity index is 607. The van der Waals surface area contributed by atoms with Gasteiger partial charge in [0.25, 0.3) is 0 Å². The van der Waals surface area contributed by atoms with Gasteiger partial charge >= 0.3 is 0 Å². The van der Waals surface area contributed by atoms with E-state index in [9.17, 15) is 0 Å². The van der Waals surface area contributed by atoms with E-state index >= 15 is 0 Å². The number of anilines is 1. The molecule has 2 aromatic carbocycles. The van der Waals surface area contributed by atoms with Crippen LogP contribution in [0.5, 0.6) is 0 Å². The molecular formula is C23H32N2. The maximum atomic E-state index is 2.65. The van der Waals surface area contributed by atoms with Crippen molar-refractivity contribution in [3.05, 3.63) is 65.7 Å². The fourth-order valence-corrected chi connectivity index (χ4v) is 4.12. The van der Waals surface area contributed by atoms with Crippen molar-refractivity contribution < 1.29 is 0 Å². The number of nitrogens with zero attached hydrogens (tertiary/aromatic N) is 2. The van der Waals surface area contributed by atoms with Crippen LogP contribution in [-0.2, 0) is 12.8 Å². The fraction of sp³-hybridized carbons (Fsp3) is 0.478. The third-order valence-electron chi connectivity index (χ3n) is 5.29. The first-order valence-electron chi connectivity index (χ1n) is 9.92. The summed E-state index contributed by atoms with van der Waals surface area (Å²) in [5.41, 5.74) is 4.44. The number of rotatable bonds is 9. The van der Waals surface area contributed by atoms with E-state index in [4.69, 9.17) is 0 Å². The molecule has 0 amide bonds. The molecule has 0 atom stereocenters. The minimum Gasteiger partial charge on any atom is -0.367 e. The zero-order valence-electron chi connectivity index (χ0n) is 15.8. The summed E-state index contributed by atoms with van der Waals surface area (Å²) in [6.45, 7) is 9.26. The zero-order valence-corrected chi connectivity index (χ0v) is 15.8. The number of hydrogen-bond acceptors (Lipinski definition) is 2. The van der Waals surface area contributed by atoms with E-state index < -0.39 is 0 Å². The van der Waals surface area contributed by atoms with Gasteiger partial charge in [-0.15, -0.1) is 0 Å². The van der Waals surface area contributed by atoms with Crippen molar-refractivity contribution in [3.63, 3.8) is 0 Å². The van der Waals surface area contributed by atoms with Gasteiger partial charge < -0.3 is 9.80 Å². The summed E-state index contributed by atoms with van der Waals surface area (Å²) in [5.74, 6) is 0. The smallest absolute Gasteiger partial charge is 0.0371 e. The Kier molecular flexibility index (Phi) is 6.52. The topological polar surface area (TPSA) is 6.48 Å². The summed E-state index contributed by atoms with van der Waals surface area (Å²) in [5, 5.41) is 0. The summed E-state index contributed by atoms with van der Waals surface area (Å²) in [4.78, 5) is 5.27. The molecule has 0 aromatic heterocycles. The number of hydrogen-bond donors (Lipinski definition) is 0. The number of benzene rings is 2. The van der Waals surface area contributed by atoms with Crippen molar-refractivity contribution in [3.8, 4) is 0 Å². The average Bonchev–Trinajstić information content (AvgIpc) is 3.07. The average molecular weight is 337 g/mol. The molecule has 0 saturated carbocycles. The van der Waals surface area contributed by atoms with Crippen LogP contribution in [-0.4, -0.2) is 37.1 Å². The molecule has 134 valence electrons. The van der Waals surface area contributed by atoms with Gasteiger partial charge in [0.15, 0.2) is 0 Å². The van der Waals surface area contributed by atoms with Crippen LogP contribution in [0.2, 0.25) is 0 Å². The molecule has 25 heavy (non-hydrogen) atoms. The Labute approximate surface area is 153 Å². The SMILES string of the molecule is CCCN(CCC)CCN(c1ccccc1)C1Cc2ccccc2C1. The molecule has 0 saturated heterocycles. The van der Waals surface area contributed by atoms with E-state index in [1.165, 1.54) is 55.6 Å². The molecule has 0 radical (unpaired) electrons. The second kappa shape index (κ2) is 9.05. The third kappa shape index (κ3) is 4.64. The van der Waals surface area contributed by atoms with Crippen LogP contribution >= 0.6 is 0 Å². The van der Waals surface area contributed by atoms with Crippen LogP contribution < -0.4 is 4.90 Å². The van der Waals surface area contributed by atoms with E-state index in [2.05, 4.69) is 78.2 Å². The molecule has 0 heterocycles. The summed E-state index contributed by atoms with van der Waals surface area (Å²) in [6.07, 6.45) is 4.82. The highest BCUT2D eigenvalue weighted by atomic mass is 15.2. The molecule has 0 fully saturated rings. The highest BCUT2D eigenvalue weighted by Gasteiger charge is 2.27. The molecule has 2 nitrogen and oxygen atoms in total. The van der Waals surface area contributed by atoms with Crippen molar-refractivity contribution >= 4 is 5.69 Å². The Morgan fingerprint density at radius 3 is 1.84 bits per heavy atom. The van der Waals surface area contributed by atoms with Gasteiger partial charge in [-0.25, -0.2) is 0 Å². The van der Waals surface area contributed by atoms with Crippen molar-refractivity contribution in [1.29, 1.82) is 0 Å². The van der Waals surface area contributed by atoms with Crippen molar-refractivity contribution in [1.82, 2.24) is 4.90 Å². The lowest BCUT2D eigenvalue weighted by atomic mass is 10.1. The zero-order chi connectivity index (χ0) is 17.5. The fourth-order valence-electron chi connectivity index (χ4n) is 4.12. The van der Waals surface area contributed by atoms with Gasteiger partial charge in [-0.1, -0.05) is 56.3 Å². The number of fused-ring (bicyclic) bond motifs is 1. The van der Waals surface area contributed by atoms with Crippen molar-refractivity contribution in [2.24, 2.45) is 0 Å². The second-order valence-corrected chi connectivity index (χ2v) is 7.20. The predicted molar refractivity (Wildman–Crippen MR) is 108 cm³/mol. The normalized spacial score (nSPS) is 14.0. The summed E-state index contributed by atoms with van der Waals surface area (Å²) >= 11 is 0. The monoisotopic (exact) mass is 336 g/mol. The predicted octanol–water partition coefficient (Wildman–Crippen LogP) is 4.78. The highest BCUT2D eigenvalue weighted by Crippen LogP contribution is 2.28. The lowest BCUT2D eigenvalue weighted by molar-refractivity contribution is 0.277. The lowest BCUT2D eigenvalue weighted by Gasteiger charge is -2.33. The molecule has 3 rings (SSSR count). The van der Waals surface area contributed by atoms with Gasteiger partial charge in [0.05, 0.1) is 0 Å². The Morgan fingerprint density at radius 2 is 1.28 bits per heavy atom. The minimum absolute atomic E-state index is 0.588. The molecule has 0 aliphatic heterocycles. The van der Waals surface area contributed by atoms with Crippen molar-refractivity contribution in [2.75, 3.05) is 31.1 Å². The van der Waals surface area contributed by atoms with Crippen LogP contribution in [0.15, 0.2) is 54.6 Å². The molecule has 2 heteroatoms. The highest BCUT2D eigenvalue weighted by molar-refractivity contribution is 5.49. The van der Waals surface area contributed by atoms with Gasteiger partial charge in [-0.3, -0.25) is 0 Å². The Balaban J connectivity index is 1.73. The van der Waals surface area contributed by atoms with Crippen LogP contribution in [0, 0.1) is 0 Å². The van der Waals surface area contributed by atoms with E-state index in [1.54, 1.807) is 0 Å². The molecule has 0 N–H and O–H groups in total. The quantitative estimate of drug-likeness (QED) is 0.650. The summed E-state index contributed by atoms with van der Waals surface area (Å²) < 4.78 is 0. The van der Waals surface area contributed by atoms with Crippen LogP contribution in [0.3, 0.4) is 0 Å². The van der Waals surface area contributed by atoms with Gasteiger partial charge in [-0.05, 0) is 62.0 Å². The molecule has 0 spiro atoms. The first-order chi connectivity index (χ1) is 12.3. The maximum absolute atomic E-state index is 2.65. The van der Waals surface area contributed by atoms with E-state index in [0.717, 1.165) is 13.1 Å². The molecule has 1 aliphatic rings. The Hall–Kier alpha value is -1.80. The molecule has 2 aromatic rings. The third-order valence-corrected chi connectivity index (χ3v) is 5.29. The van der Waals surface area contributed by atoms with E-state index in [-0.39, 0.29) is 0 Å². The van der Waals surface area contributed by atoms with Gasteiger partial charge in [0.1, 0.15) is 0 Å². The minimum atomic E-state index is 0.588. The molecule has 0 bridgehead atoms. The van der Waals surface area contributed by atoms with Gasteiger partial charge in [0, 0.05) is 24.8 Å². The first-order valence-corrected chi connectivity index (χ1v) is 9.92. The first kappa shape index (κ1) is 18.0.